The number of rotatable bonds is 0. The van der Waals surface area contributed by atoms with Crippen molar-refractivity contribution in [2.24, 2.45) is 11.8 Å². The first-order chi connectivity index (χ1) is 4.45. The molecule has 2 bridgehead atoms. The summed E-state index contributed by atoms with van der Waals surface area (Å²) in [4.78, 5) is 0. The highest BCUT2D eigenvalue weighted by Crippen LogP contribution is 2.28. The van der Waals surface area contributed by atoms with Gasteiger partial charge in [0.1, 0.15) is 0 Å². The van der Waals surface area contributed by atoms with Crippen LogP contribution in [0.4, 0.5) is 0 Å². The van der Waals surface area contributed by atoms with Gasteiger partial charge in [-0.15, -0.1) is 0 Å². The van der Waals surface area contributed by atoms with Crippen LogP contribution >= 0.6 is 0 Å². The summed E-state index contributed by atoms with van der Waals surface area (Å²) in [5.41, 5.74) is 0. The first kappa shape index (κ1) is 8.54. The lowest BCUT2D eigenvalue weighted by Crippen LogP contribution is -3.00. The zero-order valence-electron chi connectivity index (χ0n) is 6.35. The largest absolute Gasteiger partial charge is 1.00 e. The molecule has 2 atom stereocenters. The Kier molecular flexibility index (Phi) is 3.18. The Morgan fingerprint density at radius 1 is 1.00 bits per heavy atom. The maximum absolute atomic E-state index is 2.51. The third-order valence-electron chi connectivity index (χ3n) is 2.89. The maximum atomic E-state index is 2.51. The van der Waals surface area contributed by atoms with Crippen LogP contribution in [0, 0.1) is 11.8 Å². The van der Waals surface area contributed by atoms with Crippen LogP contribution in [0.2, 0.25) is 0 Å². The van der Waals surface area contributed by atoms with Gasteiger partial charge in [-0.3, -0.25) is 0 Å². The van der Waals surface area contributed by atoms with E-state index < -0.39 is 0 Å². The molecular weight excluding hydrogens is 190 g/mol. The molecule has 0 aromatic heterocycles. The molecule has 1 saturated heterocycles. The molecule has 0 aromatic rings. The summed E-state index contributed by atoms with van der Waals surface area (Å²) in [6.45, 7) is 2.85. The van der Waals surface area contributed by atoms with Crippen LogP contribution in [0.3, 0.4) is 0 Å². The lowest BCUT2D eigenvalue weighted by molar-refractivity contribution is -0.677. The van der Waals surface area contributed by atoms with E-state index in [0.29, 0.717) is 0 Å². The number of halogens is 1. The van der Waals surface area contributed by atoms with E-state index in [4.69, 9.17) is 0 Å². The molecule has 2 heteroatoms. The summed E-state index contributed by atoms with van der Waals surface area (Å²) in [5.74, 6) is 2.19. The summed E-state index contributed by atoms with van der Waals surface area (Å²) < 4.78 is 0. The molecule has 0 spiro atoms. The zero-order valence-corrected chi connectivity index (χ0v) is 7.94. The van der Waals surface area contributed by atoms with E-state index in [1.54, 1.807) is 6.42 Å². The molecule has 1 aliphatic heterocycles. The number of hydrogen-bond acceptors (Lipinski definition) is 0. The molecular formula is C8H16BrN. The number of quaternary nitrogens is 1. The summed E-state index contributed by atoms with van der Waals surface area (Å²) in [6.07, 6.45) is 6.11. The van der Waals surface area contributed by atoms with Crippen molar-refractivity contribution in [2.45, 2.75) is 25.7 Å². The van der Waals surface area contributed by atoms with E-state index in [9.17, 15) is 0 Å². The third-order valence-corrected chi connectivity index (χ3v) is 2.89. The van der Waals surface area contributed by atoms with Gasteiger partial charge in [0.15, 0.2) is 0 Å². The van der Waals surface area contributed by atoms with Crippen LogP contribution in [-0.4, -0.2) is 13.1 Å². The SMILES string of the molecule is C1CC2C[NH2+]CC(C1)C2.[Br-]. The Balaban J connectivity index is 0.000000500. The molecule has 10 heavy (non-hydrogen) atoms. The second-order valence-corrected chi connectivity index (χ2v) is 3.66. The van der Waals surface area contributed by atoms with Crippen molar-refractivity contribution in [1.29, 1.82) is 0 Å². The minimum atomic E-state index is 0. The van der Waals surface area contributed by atoms with Gasteiger partial charge in [-0.25, -0.2) is 0 Å². The second kappa shape index (κ2) is 3.72. The summed E-state index contributed by atoms with van der Waals surface area (Å²) in [6, 6.07) is 0. The van der Waals surface area contributed by atoms with Gasteiger partial charge >= 0.3 is 0 Å². The van der Waals surface area contributed by atoms with E-state index in [-0.39, 0.29) is 17.0 Å². The standard InChI is InChI=1S/C8H15N.BrH/c1-2-7-4-8(3-1)6-9-5-7;/h7-9H,1-6H2;1H. The van der Waals surface area contributed by atoms with E-state index in [1.807, 2.05) is 0 Å². The van der Waals surface area contributed by atoms with Gasteiger partial charge in [-0.2, -0.15) is 0 Å². The van der Waals surface area contributed by atoms with E-state index in [0.717, 1.165) is 11.8 Å². The topological polar surface area (TPSA) is 16.6 Å². The Labute approximate surface area is 73.3 Å². The molecule has 60 valence electrons. The fraction of sp³-hybridized carbons (Fsp3) is 1.00. The Bertz CT molecular complexity index is 85.4. The monoisotopic (exact) mass is 205 g/mol. The van der Waals surface area contributed by atoms with Crippen LogP contribution in [-0.2, 0) is 0 Å². The predicted octanol–water partition coefficient (Wildman–Crippen LogP) is -2.63. The number of nitrogens with two attached hydrogens (primary N) is 1. The smallest absolute Gasteiger partial charge is 0.0784 e. The predicted molar refractivity (Wildman–Crippen MR) is 37.1 cm³/mol. The van der Waals surface area contributed by atoms with Crippen molar-refractivity contribution in [1.82, 2.24) is 0 Å². The van der Waals surface area contributed by atoms with Crippen LogP contribution in [0.1, 0.15) is 25.7 Å². The van der Waals surface area contributed by atoms with Crippen molar-refractivity contribution in [3.63, 3.8) is 0 Å². The van der Waals surface area contributed by atoms with Crippen LogP contribution in [0.5, 0.6) is 0 Å². The molecule has 0 aromatic carbocycles. The highest BCUT2D eigenvalue weighted by molar-refractivity contribution is 4.73. The van der Waals surface area contributed by atoms with Crippen LogP contribution < -0.4 is 22.3 Å². The summed E-state index contributed by atoms with van der Waals surface area (Å²) >= 11 is 0. The maximum Gasteiger partial charge on any atom is 0.0784 e. The molecule has 2 unspecified atom stereocenters. The first-order valence-electron chi connectivity index (χ1n) is 4.27. The molecule has 2 N–H and O–H groups in total. The molecule has 0 radical (unpaired) electrons. The highest BCUT2D eigenvalue weighted by Gasteiger charge is 2.27. The average Bonchev–Trinajstić information content (AvgIpc) is 1.88. The average molecular weight is 206 g/mol. The molecule has 0 amide bonds. The molecule has 2 fully saturated rings. The minimum absolute atomic E-state index is 0. The van der Waals surface area contributed by atoms with Gasteiger partial charge in [0, 0.05) is 11.8 Å². The van der Waals surface area contributed by atoms with E-state index >= 15 is 0 Å². The molecule has 2 aliphatic rings. The molecule has 1 nitrogen and oxygen atoms in total. The minimum Gasteiger partial charge on any atom is -1.00 e. The third kappa shape index (κ3) is 1.73. The van der Waals surface area contributed by atoms with Crippen molar-refractivity contribution in [3.8, 4) is 0 Å². The quantitative estimate of drug-likeness (QED) is 0.446. The van der Waals surface area contributed by atoms with Gasteiger partial charge in [-0.1, -0.05) is 6.42 Å². The van der Waals surface area contributed by atoms with Gasteiger partial charge in [0.05, 0.1) is 13.1 Å². The first-order valence-corrected chi connectivity index (χ1v) is 4.27. The highest BCUT2D eigenvalue weighted by atomic mass is 79.9. The molecule has 1 aliphatic carbocycles. The Morgan fingerprint density at radius 2 is 1.60 bits per heavy atom. The lowest BCUT2D eigenvalue weighted by Gasteiger charge is -2.31. The van der Waals surface area contributed by atoms with E-state index in [2.05, 4.69) is 5.32 Å². The Morgan fingerprint density at radius 3 is 2.10 bits per heavy atom. The van der Waals surface area contributed by atoms with Crippen LogP contribution in [0.25, 0.3) is 0 Å². The van der Waals surface area contributed by atoms with Gasteiger partial charge in [0.2, 0.25) is 0 Å². The Hall–Kier alpha value is 0.440. The van der Waals surface area contributed by atoms with Crippen molar-refractivity contribution < 1.29 is 22.3 Å². The summed E-state index contributed by atoms with van der Waals surface area (Å²) in [7, 11) is 0. The molecule has 2 rings (SSSR count). The molecule has 1 heterocycles. The van der Waals surface area contributed by atoms with Crippen molar-refractivity contribution in [3.05, 3.63) is 0 Å². The molecule has 1 saturated carbocycles. The number of fused-ring (bicyclic) bond motifs is 2. The van der Waals surface area contributed by atoms with Gasteiger partial charge in [-0.05, 0) is 19.3 Å². The normalized spacial score (nSPS) is 38.4. The fourth-order valence-corrected chi connectivity index (χ4v) is 2.40. The number of hydrogen-bond donors (Lipinski definition) is 1. The summed E-state index contributed by atoms with van der Waals surface area (Å²) in [5, 5.41) is 2.51. The van der Waals surface area contributed by atoms with Gasteiger partial charge in [0.25, 0.3) is 0 Å². The fourth-order valence-electron chi connectivity index (χ4n) is 2.40. The lowest BCUT2D eigenvalue weighted by atomic mass is 9.79. The number of piperidine rings is 1. The second-order valence-electron chi connectivity index (χ2n) is 3.66. The van der Waals surface area contributed by atoms with Gasteiger partial charge < -0.3 is 22.3 Å². The van der Waals surface area contributed by atoms with E-state index in [1.165, 1.54) is 32.4 Å². The van der Waals surface area contributed by atoms with Crippen molar-refractivity contribution >= 4 is 0 Å². The van der Waals surface area contributed by atoms with Crippen molar-refractivity contribution in [2.75, 3.05) is 13.1 Å². The zero-order chi connectivity index (χ0) is 6.10. The van der Waals surface area contributed by atoms with Crippen LogP contribution in [0.15, 0.2) is 0 Å².